The number of amides is 1. The fourth-order valence-corrected chi connectivity index (χ4v) is 4.75. The van der Waals surface area contributed by atoms with E-state index in [-0.39, 0.29) is 19.0 Å². The van der Waals surface area contributed by atoms with Gasteiger partial charge in [0.1, 0.15) is 0 Å². The molecule has 3 aromatic rings. The highest BCUT2D eigenvalue weighted by Crippen LogP contribution is 2.20. The number of rotatable bonds is 5. The highest BCUT2D eigenvalue weighted by atomic mass is 32.2. The van der Waals surface area contributed by atoms with E-state index >= 15 is 0 Å². The lowest BCUT2D eigenvalue weighted by Crippen LogP contribution is -2.50. The summed E-state index contributed by atoms with van der Waals surface area (Å²) < 4.78 is 26.7. The second kappa shape index (κ2) is 9.29. The molecule has 1 aliphatic heterocycles. The second-order valence-electron chi connectivity index (χ2n) is 7.39. The van der Waals surface area contributed by atoms with E-state index in [2.05, 4.69) is 0 Å². The van der Waals surface area contributed by atoms with Crippen molar-refractivity contribution in [3.63, 3.8) is 0 Å². The van der Waals surface area contributed by atoms with Crippen LogP contribution in [0.2, 0.25) is 0 Å². The minimum Gasteiger partial charge on any atom is -0.336 e. The Kier molecular flexibility index (Phi) is 6.30. The Morgan fingerprint density at radius 1 is 0.710 bits per heavy atom. The molecule has 158 valence electrons. The molecule has 0 saturated carbocycles. The SMILES string of the molecule is O=C(c1ccc(-c2ccccc2)cc1)N1CCN(S(=O)(=O)/C=C/c2ccccc2)CC1. The molecular formula is C25H24N2O3S. The first-order valence-electron chi connectivity index (χ1n) is 10.2. The fourth-order valence-electron chi connectivity index (χ4n) is 3.58. The van der Waals surface area contributed by atoms with E-state index in [1.807, 2.05) is 84.9 Å². The van der Waals surface area contributed by atoms with Crippen LogP contribution >= 0.6 is 0 Å². The Hall–Kier alpha value is -3.22. The molecule has 0 aromatic heterocycles. The molecule has 5 nitrogen and oxygen atoms in total. The van der Waals surface area contributed by atoms with Gasteiger partial charge in [-0.05, 0) is 34.9 Å². The molecule has 1 fully saturated rings. The zero-order valence-corrected chi connectivity index (χ0v) is 17.9. The van der Waals surface area contributed by atoms with Crippen LogP contribution < -0.4 is 0 Å². The van der Waals surface area contributed by atoms with Gasteiger partial charge in [0.25, 0.3) is 5.91 Å². The predicted octanol–water partition coefficient (Wildman–Crippen LogP) is 4.11. The van der Waals surface area contributed by atoms with Gasteiger partial charge in [-0.2, -0.15) is 4.31 Å². The number of nitrogens with zero attached hydrogens (tertiary/aromatic N) is 2. The van der Waals surface area contributed by atoms with Crippen molar-refractivity contribution in [3.8, 4) is 11.1 Å². The van der Waals surface area contributed by atoms with Crippen LogP contribution in [0.25, 0.3) is 17.2 Å². The summed E-state index contributed by atoms with van der Waals surface area (Å²) in [5.41, 5.74) is 3.60. The zero-order chi connectivity index (χ0) is 21.7. The highest BCUT2D eigenvalue weighted by molar-refractivity contribution is 7.92. The average molecular weight is 433 g/mol. The van der Waals surface area contributed by atoms with Crippen LogP contribution in [0.5, 0.6) is 0 Å². The van der Waals surface area contributed by atoms with Gasteiger partial charge < -0.3 is 4.90 Å². The van der Waals surface area contributed by atoms with Crippen molar-refractivity contribution >= 4 is 22.0 Å². The molecule has 0 N–H and O–H groups in total. The Balaban J connectivity index is 1.37. The number of carbonyl (C=O) groups excluding carboxylic acids is 1. The van der Waals surface area contributed by atoms with Crippen molar-refractivity contribution in [2.24, 2.45) is 0 Å². The number of piperazine rings is 1. The van der Waals surface area contributed by atoms with Crippen molar-refractivity contribution in [1.82, 2.24) is 9.21 Å². The minimum atomic E-state index is -3.52. The summed E-state index contributed by atoms with van der Waals surface area (Å²) in [6.45, 7) is 1.32. The normalized spacial score (nSPS) is 15.3. The monoisotopic (exact) mass is 432 g/mol. The summed E-state index contributed by atoms with van der Waals surface area (Å²) in [7, 11) is -3.52. The van der Waals surface area contributed by atoms with Crippen LogP contribution in [0.4, 0.5) is 0 Å². The van der Waals surface area contributed by atoms with E-state index in [0.717, 1.165) is 16.7 Å². The van der Waals surface area contributed by atoms with Gasteiger partial charge in [0.2, 0.25) is 10.0 Å². The molecule has 0 atom stereocenters. The number of sulfonamides is 1. The molecule has 1 saturated heterocycles. The van der Waals surface area contributed by atoms with Crippen molar-refractivity contribution in [3.05, 3.63) is 101 Å². The molecule has 1 aliphatic rings. The lowest BCUT2D eigenvalue weighted by Gasteiger charge is -2.33. The van der Waals surface area contributed by atoms with Crippen LogP contribution in [-0.2, 0) is 10.0 Å². The number of carbonyl (C=O) groups is 1. The Morgan fingerprint density at radius 2 is 1.26 bits per heavy atom. The first kappa shape index (κ1) is 21.0. The van der Waals surface area contributed by atoms with Crippen LogP contribution in [0.1, 0.15) is 15.9 Å². The number of hydrogen-bond acceptors (Lipinski definition) is 3. The van der Waals surface area contributed by atoms with E-state index < -0.39 is 10.0 Å². The van der Waals surface area contributed by atoms with Crippen LogP contribution in [0.15, 0.2) is 90.3 Å². The lowest BCUT2D eigenvalue weighted by atomic mass is 10.0. The molecule has 6 heteroatoms. The summed E-state index contributed by atoms with van der Waals surface area (Å²) in [6, 6.07) is 26.9. The molecule has 4 rings (SSSR count). The Bertz CT molecular complexity index is 1150. The first-order valence-corrected chi connectivity index (χ1v) is 11.7. The third kappa shape index (κ3) is 5.10. The van der Waals surface area contributed by atoms with Gasteiger partial charge in [0.15, 0.2) is 0 Å². The van der Waals surface area contributed by atoms with E-state index in [1.54, 1.807) is 11.0 Å². The molecule has 0 radical (unpaired) electrons. The Morgan fingerprint density at radius 3 is 1.87 bits per heavy atom. The molecule has 0 unspecified atom stereocenters. The molecule has 31 heavy (non-hydrogen) atoms. The van der Waals surface area contributed by atoms with Gasteiger partial charge >= 0.3 is 0 Å². The molecule has 0 aliphatic carbocycles. The average Bonchev–Trinajstić information content (AvgIpc) is 2.84. The van der Waals surface area contributed by atoms with E-state index in [0.29, 0.717) is 18.7 Å². The van der Waals surface area contributed by atoms with Crippen LogP contribution in [0.3, 0.4) is 0 Å². The van der Waals surface area contributed by atoms with Gasteiger partial charge in [0.05, 0.1) is 0 Å². The summed E-state index contributed by atoms with van der Waals surface area (Å²) in [5.74, 6) is -0.0727. The van der Waals surface area contributed by atoms with Crippen LogP contribution in [-0.4, -0.2) is 49.7 Å². The topological polar surface area (TPSA) is 57.7 Å². The smallest absolute Gasteiger partial charge is 0.253 e. The number of hydrogen-bond donors (Lipinski definition) is 0. The molecule has 1 heterocycles. The second-order valence-corrected chi connectivity index (χ2v) is 9.21. The predicted molar refractivity (Wildman–Crippen MR) is 124 cm³/mol. The third-order valence-corrected chi connectivity index (χ3v) is 6.92. The van der Waals surface area contributed by atoms with Crippen molar-refractivity contribution in [2.75, 3.05) is 26.2 Å². The maximum atomic E-state index is 12.9. The van der Waals surface area contributed by atoms with Gasteiger partial charge in [-0.3, -0.25) is 4.79 Å². The molecule has 0 bridgehead atoms. The largest absolute Gasteiger partial charge is 0.336 e. The standard InChI is InChI=1S/C25H24N2O3S/c28-25(24-13-11-23(12-14-24)22-9-5-2-6-10-22)26-16-18-27(19-17-26)31(29,30)20-15-21-7-3-1-4-8-21/h1-15,20H,16-19H2/b20-15+. The van der Waals surface area contributed by atoms with E-state index in [1.165, 1.54) is 9.71 Å². The molecular weight excluding hydrogens is 408 g/mol. The first-order chi connectivity index (χ1) is 15.0. The maximum Gasteiger partial charge on any atom is 0.253 e. The highest BCUT2D eigenvalue weighted by Gasteiger charge is 2.27. The molecule has 0 spiro atoms. The molecule has 3 aromatic carbocycles. The maximum absolute atomic E-state index is 12.9. The van der Waals surface area contributed by atoms with Crippen molar-refractivity contribution in [1.29, 1.82) is 0 Å². The van der Waals surface area contributed by atoms with Crippen LogP contribution in [0, 0.1) is 0 Å². The fraction of sp³-hybridized carbons (Fsp3) is 0.160. The summed E-state index contributed by atoms with van der Waals surface area (Å²) in [6.07, 6.45) is 1.60. The summed E-state index contributed by atoms with van der Waals surface area (Å²) in [5, 5.41) is 1.24. The van der Waals surface area contributed by atoms with E-state index in [4.69, 9.17) is 0 Å². The van der Waals surface area contributed by atoms with E-state index in [9.17, 15) is 13.2 Å². The quantitative estimate of drug-likeness (QED) is 0.610. The van der Waals surface area contributed by atoms with Crippen molar-refractivity contribution < 1.29 is 13.2 Å². The van der Waals surface area contributed by atoms with Gasteiger partial charge in [0, 0.05) is 37.2 Å². The summed E-state index contributed by atoms with van der Waals surface area (Å²) in [4.78, 5) is 14.6. The Labute approximate surface area is 183 Å². The minimum absolute atomic E-state index is 0.0727. The van der Waals surface area contributed by atoms with Crippen molar-refractivity contribution in [2.45, 2.75) is 0 Å². The number of benzene rings is 3. The van der Waals surface area contributed by atoms with Gasteiger partial charge in [-0.1, -0.05) is 72.8 Å². The molecule has 1 amide bonds. The summed E-state index contributed by atoms with van der Waals surface area (Å²) >= 11 is 0. The van der Waals surface area contributed by atoms with Gasteiger partial charge in [-0.15, -0.1) is 0 Å². The third-order valence-electron chi connectivity index (χ3n) is 5.36. The zero-order valence-electron chi connectivity index (χ0n) is 17.1. The lowest BCUT2D eigenvalue weighted by molar-refractivity contribution is 0.0698. The van der Waals surface area contributed by atoms with Gasteiger partial charge in [-0.25, -0.2) is 8.42 Å².